The van der Waals surface area contributed by atoms with Crippen LogP contribution < -0.4 is 0 Å². The van der Waals surface area contributed by atoms with Crippen molar-refractivity contribution in [2.45, 2.75) is 38.6 Å². The second kappa shape index (κ2) is 6.31. The minimum atomic E-state index is -1.21. The van der Waals surface area contributed by atoms with Crippen LogP contribution >= 0.6 is 0 Å². The van der Waals surface area contributed by atoms with Crippen molar-refractivity contribution in [3.8, 4) is 6.07 Å². The Balaban J connectivity index is 2.45. The van der Waals surface area contributed by atoms with Crippen molar-refractivity contribution in [2.24, 2.45) is 0 Å². The lowest BCUT2D eigenvalue weighted by atomic mass is 9.75. The lowest BCUT2D eigenvalue weighted by Gasteiger charge is -2.23. The highest BCUT2D eigenvalue weighted by Gasteiger charge is 2.39. The van der Waals surface area contributed by atoms with Crippen molar-refractivity contribution in [3.63, 3.8) is 0 Å². The smallest absolute Gasteiger partial charge is 0.154 e. The molecule has 0 saturated heterocycles. The summed E-state index contributed by atoms with van der Waals surface area (Å²) < 4.78 is 1.76. The Hall–Kier alpha value is -2.48. The van der Waals surface area contributed by atoms with Crippen LogP contribution in [-0.2, 0) is 23.2 Å². The van der Waals surface area contributed by atoms with Gasteiger partial charge in [-0.1, -0.05) is 37.3 Å². The molecular weight excluding hydrogens is 264 g/mol. The van der Waals surface area contributed by atoms with E-state index in [2.05, 4.69) is 16.2 Å². The Morgan fingerprint density at radius 3 is 2.67 bits per heavy atom. The Kier molecular flexibility index (Phi) is 4.49. The first-order chi connectivity index (χ1) is 10.1. The number of benzene rings is 1. The predicted molar refractivity (Wildman–Crippen MR) is 78.4 cm³/mol. The third kappa shape index (κ3) is 2.84. The summed E-state index contributed by atoms with van der Waals surface area (Å²) in [4.78, 5) is 16.4. The molecule has 1 atom stereocenters. The molecule has 0 aliphatic heterocycles. The molecular formula is C16H18N4O. The largest absolute Gasteiger partial charge is 0.298 e. The van der Waals surface area contributed by atoms with E-state index in [9.17, 15) is 10.1 Å². The van der Waals surface area contributed by atoms with E-state index in [1.807, 2.05) is 37.3 Å². The standard InChI is InChI=1S/C16H18N4O/c1-3-9-20-15(18-12-19-20)10-16(11-17,13(2)21)14-7-5-4-6-8-14/h4-8,12H,3,9-10H2,1-2H3. The monoisotopic (exact) mass is 282 g/mol. The first kappa shape index (κ1) is 14.9. The number of Topliss-reactive ketones (excluding diaryl/α,β-unsaturated/α-hetero) is 1. The molecule has 0 amide bonds. The van der Waals surface area contributed by atoms with Gasteiger partial charge in [0.05, 0.1) is 6.07 Å². The molecule has 5 nitrogen and oxygen atoms in total. The van der Waals surface area contributed by atoms with Crippen LogP contribution in [0.3, 0.4) is 0 Å². The number of aryl methyl sites for hydroxylation is 1. The molecule has 21 heavy (non-hydrogen) atoms. The summed E-state index contributed by atoms with van der Waals surface area (Å²) in [6, 6.07) is 11.4. The average Bonchev–Trinajstić information content (AvgIpc) is 2.93. The van der Waals surface area contributed by atoms with E-state index in [0.717, 1.165) is 13.0 Å². The number of ketones is 1. The van der Waals surface area contributed by atoms with Gasteiger partial charge in [-0.05, 0) is 18.9 Å². The molecule has 5 heteroatoms. The molecule has 1 unspecified atom stereocenters. The maximum absolute atomic E-state index is 12.2. The summed E-state index contributed by atoms with van der Waals surface area (Å²) >= 11 is 0. The molecule has 0 bridgehead atoms. The van der Waals surface area contributed by atoms with E-state index < -0.39 is 5.41 Å². The van der Waals surface area contributed by atoms with Crippen LogP contribution in [0.15, 0.2) is 36.7 Å². The number of nitrogens with zero attached hydrogens (tertiary/aromatic N) is 4. The first-order valence-electron chi connectivity index (χ1n) is 6.98. The summed E-state index contributed by atoms with van der Waals surface area (Å²) in [6.07, 6.45) is 2.63. The van der Waals surface area contributed by atoms with Crippen molar-refractivity contribution >= 4 is 5.78 Å². The third-order valence-corrected chi connectivity index (χ3v) is 3.61. The quantitative estimate of drug-likeness (QED) is 0.815. The Morgan fingerprint density at radius 2 is 2.10 bits per heavy atom. The highest BCUT2D eigenvalue weighted by atomic mass is 16.1. The second-order valence-electron chi connectivity index (χ2n) is 5.02. The zero-order valence-electron chi connectivity index (χ0n) is 12.3. The molecule has 1 heterocycles. The number of nitriles is 1. The van der Waals surface area contributed by atoms with Gasteiger partial charge in [-0.25, -0.2) is 4.98 Å². The Morgan fingerprint density at radius 1 is 1.38 bits per heavy atom. The molecule has 1 aromatic carbocycles. The minimum Gasteiger partial charge on any atom is -0.298 e. The van der Waals surface area contributed by atoms with Crippen LogP contribution in [-0.4, -0.2) is 20.5 Å². The van der Waals surface area contributed by atoms with E-state index in [1.54, 1.807) is 4.68 Å². The highest BCUT2D eigenvalue weighted by Crippen LogP contribution is 2.28. The average molecular weight is 282 g/mol. The summed E-state index contributed by atoms with van der Waals surface area (Å²) in [6.45, 7) is 4.23. The minimum absolute atomic E-state index is 0.178. The second-order valence-corrected chi connectivity index (χ2v) is 5.02. The molecule has 2 aromatic rings. The summed E-state index contributed by atoms with van der Waals surface area (Å²) in [5.41, 5.74) is -0.509. The van der Waals surface area contributed by atoms with Gasteiger partial charge in [0.15, 0.2) is 5.78 Å². The number of aromatic nitrogens is 3. The van der Waals surface area contributed by atoms with Crippen molar-refractivity contribution in [1.82, 2.24) is 14.8 Å². The van der Waals surface area contributed by atoms with Crippen LogP contribution in [0.25, 0.3) is 0 Å². The van der Waals surface area contributed by atoms with Crippen molar-refractivity contribution < 1.29 is 4.79 Å². The van der Waals surface area contributed by atoms with Crippen LogP contribution in [0.5, 0.6) is 0 Å². The fraction of sp³-hybridized carbons (Fsp3) is 0.375. The number of hydrogen-bond donors (Lipinski definition) is 0. The van der Waals surface area contributed by atoms with E-state index in [-0.39, 0.29) is 12.2 Å². The van der Waals surface area contributed by atoms with Gasteiger partial charge in [0.2, 0.25) is 0 Å². The van der Waals surface area contributed by atoms with E-state index in [1.165, 1.54) is 13.3 Å². The maximum Gasteiger partial charge on any atom is 0.154 e. The Bertz CT molecular complexity index is 656. The topological polar surface area (TPSA) is 71.6 Å². The van der Waals surface area contributed by atoms with Crippen molar-refractivity contribution in [3.05, 3.63) is 48.0 Å². The zero-order valence-corrected chi connectivity index (χ0v) is 12.3. The molecule has 0 fully saturated rings. The SMILES string of the molecule is CCCn1ncnc1CC(C#N)(C(C)=O)c1ccccc1. The van der Waals surface area contributed by atoms with Gasteiger partial charge in [-0.15, -0.1) is 0 Å². The summed E-state index contributed by atoms with van der Waals surface area (Å²) in [7, 11) is 0. The maximum atomic E-state index is 12.2. The van der Waals surface area contributed by atoms with Gasteiger partial charge in [-0.2, -0.15) is 10.4 Å². The van der Waals surface area contributed by atoms with Crippen LogP contribution in [0.1, 0.15) is 31.7 Å². The van der Waals surface area contributed by atoms with Gasteiger partial charge >= 0.3 is 0 Å². The molecule has 0 aliphatic rings. The van der Waals surface area contributed by atoms with Gasteiger partial charge < -0.3 is 0 Å². The van der Waals surface area contributed by atoms with Crippen LogP contribution in [0, 0.1) is 11.3 Å². The number of carbonyl (C=O) groups is 1. The third-order valence-electron chi connectivity index (χ3n) is 3.61. The summed E-state index contributed by atoms with van der Waals surface area (Å²) in [5, 5.41) is 13.9. The van der Waals surface area contributed by atoms with Crippen LogP contribution in [0.2, 0.25) is 0 Å². The molecule has 0 radical (unpaired) electrons. The predicted octanol–water partition coefficient (Wildman–Crippen LogP) is 2.28. The molecule has 0 N–H and O–H groups in total. The molecule has 2 rings (SSSR count). The molecule has 108 valence electrons. The molecule has 0 aliphatic carbocycles. The summed E-state index contributed by atoms with van der Waals surface area (Å²) in [5.74, 6) is 0.486. The van der Waals surface area contributed by atoms with Gasteiger partial charge in [0.1, 0.15) is 17.6 Å². The van der Waals surface area contributed by atoms with Gasteiger partial charge in [0.25, 0.3) is 0 Å². The highest BCUT2D eigenvalue weighted by molar-refractivity contribution is 5.91. The van der Waals surface area contributed by atoms with E-state index in [4.69, 9.17) is 0 Å². The number of rotatable bonds is 6. The Labute approximate surface area is 124 Å². The molecule has 1 aromatic heterocycles. The van der Waals surface area contributed by atoms with Gasteiger partial charge in [0, 0.05) is 13.0 Å². The fourth-order valence-electron chi connectivity index (χ4n) is 2.40. The van der Waals surface area contributed by atoms with E-state index >= 15 is 0 Å². The van der Waals surface area contributed by atoms with Crippen LogP contribution in [0.4, 0.5) is 0 Å². The number of hydrogen-bond acceptors (Lipinski definition) is 4. The first-order valence-corrected chi connectivity index (χ1v) is 6.98. The van der Waals surface area contributed by atoms with E-state index in [0.29, 0.717) is 11.4 Å². The zero-order chi connectivity index (χ0) is 15.3. The fourth-order valence-corrected chi connectivity index (χ4v) is 2.40. The number of carbonyl (C=O) groups excluding carboxylic acids is 1. The normalized spacial score (nSPS) is 13.4. The van der Waals surface area contributed by atoms with Crippen molar-refractivity contribution in [2.75, 3.05) is 0 Å². The van der Waals surface area contributed by atoms with Gasteiger partial charge in [-0.3, -0.25) is 9.48 Å². The van der Waals surface area contributed by atoms with Crippen molar-refractivity contribution in [1.29, 1.82) is 5.26 Å². The molecule has 0 spiro atoms. The lowest BCUT2D eigenvalue weighted by Crippen LogP contribution is -2.36. The molecule has 0 saturated carbocycles. The lowest BCUT2D eigenvalue weighted by molar-refractivity contribution is -0.120.